The Morgan fingerprint density at radius 3 is 2.81 bits per heavy atom. The van der Waals surface area contributed by atoms with E-state index in [4.69, 9.17) is 0 Å². The second-order valence-corrected chi connectivity index (χ2v) is 7.39. The first-order chi connectivity index (χ1) is 12.9. The Bertz CT molecular complexity index is 972. The lowest BCUT2D eigenvalue weighted by Gasteiger charge is -2.36. The fourth-order valence-electron chi connectivity index (χ4n) is 3.58. The molecule has 1 saturated carbocycles. The number of amides is 1. The number of carbonyl (C=O) groups excluding carboxylic acids is 1. The van der Waals surface area contributed by atoms with Gasteiger partial charge in [0.1, 0.15) is 23.0 Å². The van der Waals surface area contributed by atoms with Crippen molar-refractivity contribution in [3.05, 3.63) is 47.8 Å². The molecule has 0 radical (unpaired) electrons. The van der Waals surface area contributed by atoms with Crippen LogP contribution in [0.1, 0.15) is 60.9 Å². The summed E-state index contributed by atoms with van der Waals surface area (Å²) in [7, 11) is 0. The van der Waals surface area contributed by atoms with Gasteiger partial charge in [0.25, 0.3) is 12.3 Å². The van der Waals surface area contributed by atoms with Crippen LogP contribution in [0.25, 0.3) is 5.65 Å². The average Bonchev–Trinajstić information content (AvgIpc) is 3.17. The van der Waals surface area contributed by atoms with Crippen molar-refractivity contribution in [1.29, 1.82) is 0 Å². The van der Waals surface area contributed by atoms with E-state index in [1.807, 2.05) is 0 Å². The summed E-state index contributed by atoms with van der Waals surface area (Å²) >= 11 is 0. The first-order valence-corrected chi connectivity index (χ1v) is 9.05. The number of hydrogen-bond donors (Lipinski definition) is 2. The van der Waals surface area contributed by atoms with E-state index in [9.17, 15) is 13.6 Å². The lowest BCUT2D eigenvalue weighted by atomic mass is 9.69. The fraction of sp³-hybridized carbons (Fsp3) is 0.421. The van der Waals surface area contributed by atoms with E-state index in [-0.39, 0.29) is 11.7 Å². The molecule has 27 heavy (non-hydrogen) atoms. The van der Waals surface area contributed by atoms with Gasteiger partial charge in [-0.2, -0.15) is 0 Å². The maximum absolute atomic E-state index is 13.4. The molecule has 3 heterocycles. The van der Waals surface area contributed by atoms with E-state index in [2.05, 4.69) is 34.1 Å². The van der Waals surface area contributed by atoms with Crippen LogP contribution in [0.5, 0.6) is 0 Å². The molecule has 0 unspecified atom stereocenters. The Morgan fingerprint density at radius 2 is 2.11 bits per heavy atom. The molecule has 1 fully saturated rings. The minimum atomic E-state index is -2.77. The third kappa shape index (κ3) is 3.20. The summed E-state index contributed by atoms with van der Waals surface area (Å²) in [4.78, 5) is 23.8. The molecule has 0 saturated heterocycles. The summed E-state index contributed by atoms with van der Waals surface area (Å²) in [6.07, 6.45) is 4.12. The number of alkyl halides is 2. The van der Waals surface area contributed by atoms with E-state index in [0.717, 1.165) is 12.8 Å². The lowest BCUT2D eigenvalue weighted by molar-refractivity contribution is 0.102. The zero-order valence-electron chi connectivity index (χ0n) is 15.1. The SMILES string of the molecule is CC(C)[C@H]1C[C@H](c2nc(C(F)F)c(NC(=O)c3ccn4cccnc34)[nH]2)C1. The van der Waals surface area contributed by atoms with Gasteiger partial charge in [-0.1, -0.05) is 13.8 Å². The van der Waals surface area contributed by atoms with Crippen molar-refractivity contribution in [2.75, 3.05) is 5.32 Å². The molecule has 2 N–H and O–H groups in total. The molecule has 0 spiro atoms. The topological polar surface area (TPSA) is 75.1 Å². The summed E-state index contributed by atoms with van der Waals surface area (Å²) < 4.78 is 28.5. The van der Waals surface area contributed by atoms with Crippen molar-refractivity contribution in [3.8, 4) is 0 Å². The number of halogens is 2. The molecule has 6 nitrogen and oxygen atoms in total. The van der Waals surface area contributed by atoms with Gasteiger partial charge < -0.3 is 14.7 Å². The van der Waals surface area contributed by atoms with Crippen LogP contribution in [-0.2, 0) is 0 Å². The zero-order chi connectivity index (χ0) is 19.1. The largest absolute Gasteiger partial charge is 0.328 e. The fourth-order valence-corrected chi connectivity index (χ4v) is 3.58. The number of rotatable bonds is 5. The van der Waals surface area contributed by atoms with Crippen molar-refractivity contribution in [3.63, 3.8) is 0 Å². The van der Waals surface area contributed by atoms with E-state index >= 15 is 0 Å². The van der Waals surface area contributed by atoms with Crippen molar-refractivity contribution in [1.82, 2.24) is 19.4 Å². The van der Waals surface area contributed by atoms with Crippen molar-refractivity contribution < 1.29 is 13.6 Å². The Labute approximate surface area is 155 Å². The molecular weight excluding hydrogens is 352 g/mol. The highest BCUT2D eigenvalue weighted by Crippen LogP contribution is 2.45. The zero-order valence-corrected chi connectivity index (χ0v) is 15.1. The second-order valence-electron chi connectivity index (χ2n) is 7.39. The molecule has 0 aliphatic heterocycles. The van der Waals surface area contributed by atoms with Crippen LogP contribution in [-0.4, -0.2) is 25.3 Å². The van der Waals surface area contributed by atoms with E-state index in [1.54, 1.807) is 35.1 Å². The highest BCUT2D eigenvalue weighted by Gasteiger charge is 2.35. The molecule has 8 heteroatoms. The monoisotopic (exact) mass is 373 g/mol. The maximum Gasteiger partial charge on any atom is 0.284 e. The first kappa shape index (κ1) is 17.6. The molecule has 3 aromatic heterocycles. The normalized spacial score (nSPS) is 19.6. The quantitative estimate of drug-likeness (QED) is 0.696. The summed E-state index contributed by atoms with van der Waals surface area (Å²) in [5, 5.41) is 2.55. The van der Waals surface area contributed by atoms with Crippen molar-refractivity contribution >= 4 is 17.4 Å². The van der Waals surface area contributed by atoms with Gasteiger partial charge in [-0.15, -0.1) is 0 Å². The molecule has 0 atom stereocenters. The number of aromatic amines is 1. The molecule has 3 aromatic rings. The number of nitrogens with zero attached hydrogens (tertiary/aromatic N) is 3. The number of carbonyl (C=O) groups is 1. The third-order valence-electron chi connectivity index (χ3n) is 5.36. The van der Waals surface area contributed by atoms with Gasteiger partial charge in [0.15, 0.2) is 0 Å². The number of imidazole rings is 1. The summed E-state index contributed by atoms with van der Waals surface area (Å²) in [5.41, 5.74) is 0.366. The predicted molar refractivity (Wildman–Crippen MR) is 97.0 cm³/mol. The molecule has 142 valence electrons. The minimum Gasteiger partial charge on any atom is -0.328 e. The Morgan fingerprint density at radius 1 is 1.33 bits per heavy atom. The summed E-state index contributed by atoms with van der Waals surface area (Å²) in [5.74, 6) is 1.29. The van der Waals surface area contributed by atoms with Gasteiger partial charge in [-0.05, 0) is 36.8 Å². The molecular formula is C19H21F2N5O. The van der Waals surface area contributed by atoms with Gasteiger partial charge >= 0.3 is 0 Å². The van der Waals surface area contributed by atoms with Gasteiger partial charge in [0, 0.05) is 24.5 Å². The van der Waals surface area contributed by atoms with Gasteiger partial charge in [0.05, 0.1) is 5.56 Å². The molecule has 1 aliphatic rings. The number of nitrogens with one attached hydrogen (secondary N) is 2. The Hall–Kier alpha value is -2.77. The first-order valence-electron chi connectivity index (χ1n) is 9.05. The van der Waals surface area contributed by atoms with E-state index < -0.39 is 18.0 Å². The predicted octanol–water partition coefficient (Wildman–Crippen LogP) is 4.40. The van der Waals surface area contributed by atoms with Crippen LogP contribution >= 0.6 is 0 Å². The number of anilines is 1. The molecule has 4 rings (SSSR count). The number of hydrogen-bond acceptors (Lipinski definition) is 3. The number of fused-ring (bicyclic) bond motifs is 1. The lowest BCUT2D eigenvalue weighted by Crippen LogP contribution is -2.26. The highest BCUT2D eigenvalue weighted by atomic mass is 19.3. The summed E-state index contributed by atoms with van der Waals surface area (Å²) in [6.45, 7) is 4.32. The van der Waals surface area contributed by atoms with Gasteiger partial charge in [-0.25, -0.2) is 18.7 Å². The number of aromatic nitrogens is 4. The van der Waals surface area contributed by atoms with Gasteiger partial charge in [0.2, 0.25) is 0 Å². The average molecular weight is 373 g/mol. The molecule has 0 aromatic carbocycles. The minimum absolute atomic E-state index is 0.0340. The number of H-pyrrole nitrogens is 1. The molecule has 1 amide bonds. The van der Waals surface area contributed by atoms with Crippen LogP contribution in [0.4, 0.5) is 14.6 Å². The standard InChI is InChI=1S/C19H21F2N5O/c1-10(2)11-8-12(9-11)16-23-14(15(20)21)17(24-16)25-19(27)13-4-7-26-6-3-5-22-18(13)26/h3-7,10-12,15H,8-9H2,1-2H3,(H,23,24)(H,25,27)/t11-,12-. The van der Waals surface area contributed by atoms with E-state index in [0.29, 0.717) is 28.9 Å². The second kappa shape index (κ2) is 6.75. The van der Waals surface area contributed by atoms with Crippen molar-refractivity contribution in [2.24, 2.45) is 11.8 Å². The molecule has 1 aliphatic carbocycles. The third-order valence-corrected chi connectivity index (χ3v) is 5.36. The molecule has 0 bridgehead atoms. The Kier molecular flexibility index (Phi) is 4.41. The van der Waals surface area contributed by atoms with Gasteiger partial charge in [-0.3, -0.25) is 4.79 Å². The smallest absolute Gasteiger partial charge is 0.284 e. The maximum atomic E-state index is 13.4. The van der Waals surface area contributed by atoms with Crippen LogP contribution in [0, 0.1) is 11.8 Å². The van der Waals surface area contributed by atoms with Crippen molar-refractivity contribution in [2.45, 2.75) is 39.0 Å². The van der Waals surface area contributed by atoms with Crippen LogP contribution in [0.3, 0.4) is 0 Å². The highest BCUT2D eigenvalue weighted by molar-refractivity contribution is 6.08. The Balaban J connectivity index is 1.57. The summed E-state index contributed by atoms with van der Waals surface area (Å²) in [6, 6.07) is 3.35. The van der Waals surface area contributed by atoms with E-state index in [1.165, 1.54) is 0 Å². The van der Waals surface area contributed by atoms with Crippen LogP contribution in [0.15, 0.2) is 30.7 Å². The van der Waals surface area contributed by atoms with Crippen LogP contribution < -0.4 is 5.32 Å². The van der Waals surface area contributed by atoms with Crippen LogP contribution in [0.2, 0.25) is 0 Å².